The van der Waals surface area contributed by atoms with E-state index in [1.807, 2.05) is 0 Å². The van der Waals surface area contributed by atoms with E-state index in [2.05, 4.69) is 4.98 Å². The maximum Gasteiger partial charge on any atom is 0.410 e. The third-order valence-electron chi connectivity index (χ3n) is 5.46. The Morgan fingerprint density at radius 3 is 2.60 bits per heavy atom. The van der Waals surface area contributed by atoms with E-state index in [-0.39, 0.29) is 35.3 Å². The molecule has 1 aromatic heterocycles. The zero-order chi connectivity index (χ0) is 21.8. The van der Waals surface area contributed by atoms with Gasteiger partial charge >= 0.3 is 6.09 Å². The zero-order valence-corrected chi connectivity index (χ0v) is 17.7. The number of pyridine rings is 1. The molecule has 3 heterocycles. The Hall–Kier alpha value is -2.33. The number of rotatable bonds is 3. The van der Waals surface area contributed by atoms with Crippen molar-refractivity contribution in [1.82, 2.24) is 14.2 Å². The smallest absolute Gasteiger partial charge is 0.410 e. The minimum absolute atomic E-state index is 0.00138. The van der Waals surface area contributed by atoms with Crippen LogP contribution in [0.25, 0.3) is 10.8 Å². The predicted octanol–water partition coefficient (Wildman–Crippen LogP) is 3.41. The summed E-state index contributed by atoms with van der Waals surface area (Å²) in [7, 11) is -4.04. The van der Waals surface area contributed by atoms with E-state index in [0.29, 0.717) is 11.9 Å². The van der Waals surface area contributed by atoms with Gasteiger partial charge in [-0.15, -0.1) is 0 Å². The van der Waals surface area contributed by atoms with Crippen molar-refractivity contribution in [2.24, 2.45) is 5.92 Å². The van der Waals surface area contributed by atoms with Crippen LogP contribution >= 0.6 is 0 Å². The lowest BCUT2D eigenvalue weighted by Gasteiger charge is -2.43. The van der Waals surface area contributed by atoms with Gasteiger partial charge in [0.1, 0.15) is 5.60 Å². The van der Waals surface area contributed by atoms with E-state index >= 15 is 0 Å². The summed E-state index contributed by atoms with van der Waals surface area (Å²) in [4.78, 5) is 17.5. The summed E-state index contributed by atoms with van der Waals surface area (Å²) in [6, 6.07) is 4.14. The number of alkyl halides is 2. The van der Waals surface area contributed by atoms with Crippen molar-refractivity contribution >= 4 is 26.9 Å². The van der Waals surface area contributed by atoms with Gasteiger partial charge in [0, 0.05) is 54.3 Å². The Labute approximate surface area is 173 Å². The second-order valence-corrected chi connectivity index (χ2v) is 10.6. The van der Waals surface area contributed by atoms with Crippen molar-refractivity contribution < 1.29 is 26.7 Å². The van der Waals surface area contributed by atoms with Crippen LogP contribution in [0.1, 0.15) is 32.8 Å². The van der Waals surface area contributed by atoms with Crippen molar-refractivity contribution in [2.75, 3.05) is 19.6 Å². The van der Waals surface area contributed by atoms with Gasteiger partial charge < -0.3 is 9.64 Å². The number of carbonyl (C=O) groups is 1. The largest absolute Gasteiger partial charge is 0.444 e. The van der Waals surface area contributed by atoms with Crippen LogP contribution in [0.2, 0.25) is 0 Å². The Morgan fingerprint density at radius 1 is 1.20 bits per heavy atom. The van der Waals surface area contributed by atoms with Gasteiger partial charge in [0.2, 0.25) is 10.0 Å². The van der Waals surface area contributed by atoms with Crippen molar-refractivity contribution in [2.45, 2.75) is 43.7 Å². The average molecular weight is 439 g/mol. The second kappa shape index (κ2) is 7.12. The van der Waals surface area contributed by atoms with Crippen molar-refractivity contribution in [1.29, 1.82) is 0 Å². The molecule has 4 rings (SSSR count). The quantitative estimate of drug-likeness (QED) is 0.732. The fraction of sp³-hybridized carbons (Fsp3) is 0.500. The first-order chi connectivity index (χ1) is 14.0. The minimum atomic E-state index is -4.04. The molecule has 10 heteroatoms. The molecular weight excluding hydrogens is 416 g/mol. The first kappa shape index (κ1) is 20.9. The third kappa shape index (κ3) is 3.51. The summed E-state index contributed by atoms with van der Waals surface area (Å²) in [5.74, 6) is -0.00138. The predicted molar refractivity (Wildman–Crippen MR) is 106 cm³/mol. The first-order valence-electron chi connectivity index (χ1n) is 9.63. The standard InChI is InChI=1S/C20H23F2N3O4S/c1-20(2,3)29-19(26)25-10-13-9-24(11-15(13)25)30(27,28)16-6-4-5-12-7-23-8-14(17(12)16)18(21)22/h4-8,13,15,18H,9-11H2,1-3H3/t13-,15-/m0/s1. The van der Waals surface area contributed by atoms with E-state index in [0.717, 1.165) is 6.20 Å². The second-order valence-electron chi connectivity index (χ2n) is 8.67. The molecule has 162 valence electrons. The lowest BCUT2D eigenvalue weighted by atomic mass is 9.93. The number of aromatic nitrogens is 1. The summed E-state index contributed by atoms with van der Waals surface area (Å²) in [6.45, 7) is 6.06. The number of ether oxygens (including phenoxy) is 1. The van der Waals surface area contributed by atoms with E-state index in [1.54, 1.807) is 26.8 Å². The summed E-state index contributed by atoms with van der Waals surface area (Å²) in [6.07, 6.45) is -0.948. The van der Waals surface area contributed by atoms with Gasteiger partial charge in [-0.25, -0.2) is 22.0 Å². The number of sulfonamides is 1. The molecule has 0 aliphatic carbocycles. The monoisotopic (exact) mass is 439 g/mol. The summed E-state index contributed by atoms with van der Waals surface area (Å²) < 4.78 is 60.5. The molecular formula is C20H23F2N3O4S. The van der Waals surface area contributed by atoms with Crippen LogP contribution in [-0.2, 0) is 14.8 Å². The highest BCUT2D eigenvalue weighted by molar-refractivity contribution is 7.89. The van der Waals surface area contributed by atoms with Crippen molar-refractivity contribution in [3.63, 3.8) is 0 Å². The van der Waals surface area contributed by atoms with Gasteiger partial charge in [-0.3, -0.25) is 4.98 Å². The number of hydrogen-bond acceptors (Lipinski definition) is 5. The maximum absolute atomic E-state index is 13.5. The molecule has 0 bridgehead atoms. The molecule has 2 atom stereocenters. The SMILES string of the molecule is CC(C)(C)OC(=O)N1C[C@@H]2CN(S(=O)(=O)c3cccc4cncc(C(F)F)c34)C[C@@H]21. The van der Waals surface area contributed by atoms with Crippen LogP contribution in [-0.4, -0.2) is 60.0 Å². The normalized spacial score (nSPS) is 22.3. The molecule has 2 aliphatic rings. The van der Waals surface area contributed by atoms with Gasteiger partial charge in [-0.2, -0.15) is 4.31 Å². The number of likely N-dealkylation sites (tertiary alicyclic amines) is 1. The average Bonchev–Trinajstić information content (AvgIpc) is 2.96. The van der Waals surface area contributed by atoms with Crippen LogP contribution in [0.15, 0.2) is 35.5 Å². The minimum Gasteiger partial charge on any atom is -0.444 e. The summed E-state index contributed by atoms with van der Waals surface area (Å²) >= 11 is 0. The molecule has 0 unspecified atom stereocenters. The highest BCUT2D eigenvalue weighted by atomic mass is 32.2. The number of halogens is 2. The first-order valence-corrected chi connectivity index (χ1v) is 11.1. The van der Waals surface area contributed by atoms with Crippen LogP contribution in [0.3, 0.4) is 0 Å². The number of carbonyl (C=O) groups excluding carboxylic acids is 1. The van der Waals surface area contributed by atoms with Crippen LogP contribution in [0.4, 0.5) is 13.6 Å². The van der Waals surface area contributed by atoms with E-state index in [4.69, 9.17) is 4.74 Å². The van der Waals surface area contributed by atoms with E-state index in [9.17, 15) is 22.0 Å². The number of hydrogen-bond donors (Lipinski definition) is 0. The third-order valence-corrected chi connectivity index (χ3v) is 7.33. The molecule has 0 N–H and O–H groups in total. The molecule has 0 saturated carbocycles. The molecule has 0 spiro atoms. The number of nitrogens with zero attached hydrogens (tertiary/aromatic N) is 3. The molecule has 2 aromatic rings. The van der Waals surface area contributed by atoms with Crippen LogP contribution < -0.4 is 0 Å². The Bertz CT molecular complexity index is 1100. The topological polar surface area (TPSA) is 79.8 Å². The fourth-order valence-electron chi connectivity index (χ4n) is 4.07. The Morgan fingerprint density at radius 2 is 1.93 bits per heavy atom. The number of fused-ring (bicyclic) bond motifs is 2. The van der Waals surface area contributed by atoms with Crippen LogP contribution in [0, 0.1) is 5.92 Å². The molecule has 2 aliphatic heterocycles. The molecule has 7 nitrogen and oxygen atoms in total. The van der Waals surface area contributed by atoms with Crippen molar-refractivity contribution in [3.05, 3.63) is 36.2 Å². The van der Waals surface area contributed by atoms with Crippen LogP contribution in [0.5, 0.6) is 0 Å². The Kier molecular flexibility index (Phi) is 4.97. The lowest BCUT2D eigenvalue weighted by Crippen LogP contribution is -2.59. The molecule has 2 saturated heterocycles. The Balaban J connectivity index is 1.63. The van der Waals surface area contributed by atoms with E-state index < -0.39 is 33.7 Å². The highest BCUT2D eigenvalue weighted by Gasteiger charge is 2.52. The summed E-state index contributed by atoms with van der Waals surface area (Å²) in [5.41, 5.74) is -1.06. The summed E-state index contributed by atoms with van der Waals surface area (Å²) in [5, 5.41) is 0.331. The number of benzene rings is 1. The fourth-order valence-corrected chi connectivity index (χ4v) is 5.83. The highest BCUT2D eigenvalue weighted by Crippen LogP contribution is 2.39. The molecule has 2 fully saturated rings. The maximum atomic E-state index is 13.5. The van der Waals surface area contributed by atoms with Gasteiger partial charge in [0.15, 0.2) is 0 Å². The lowest BCUT2D eigenvalue weighted by molar-refractivity contribution is -0.0164. The van der Waals surface area contributed by atoms with Gasteiger partial charge in [0.25, 0.3) is 6.43 Å². The molecule has 0 radical (unpaired) electrons. The van der Waals surface area contributed by atoms with Gasteiger partial charge in [-0.1, -0.05) is 12.1 Å². The molecule has 1 amide bonds. The van der Waals surface area contributed by atoms with Crippen molar-refractivity contribution in [3.8, 4) is 0 Å². The van der Waals surface area contributed by atoms with Gasteiger partial charge in [0.05, 0.1) is 10.9 Å². The van der Waals surface area contributed by atoms with Gasteiger partial charge in [-0.05, 0) is 26.8 Å². The number of amides is 1. The zero-order valence-electron chi connectivity index (χ0n) is 16.9. The van der Waals surface area contributed by atoms with E-state index in [1.165, 1.54) is 27.5 Å². The molecule has 1 aromatic carbocycles. The molecule has 30 heavy (non-hydrogen) atoms.